The third-order valence-electron chi connectivity index (χ3n) is 3.00. The van der Waals surface area contributed by atoms with Crippen molar-refractivity contribution < 1.29 is 5.11 Å². The van der Waals surface area contributed by atoms with E-state index in [2.05, 4.69) is 15.9 Å². The first-order valence-corrected chi connectivity index (χ1v) is 5.72. The number of aromatic hydroxyl groups is 1. The number of phenolic OH excluding ortho intramolecular Hbond substituents is 1. The van der Waals surface area contributed by atoms with Gasteiger partial charge in [0.2, 0.25) is 0 Å². The van der Waals surface area contributed by atoms with E-state index < -0.39 is 0 Å². The summed E-state index contributed by atoms with van der Waals surface area (Å²) in [5, 5.41) is 9.38. The van der Waals surface area contributed by atoms with Crippen molar-refractivity contribution in [2.45, 2.75) is 25.3 Å². The van der Waals surface area contributed by atoms with Crippen molar-refractivity contribution in [2.75, 3.05) is 0 Å². The predicted octanol–water partition coefficient (Wildman–Crippen LogP) is 2.95. The van der Waals surface area contributed by atoms with Crippen LogP contribution >= 0.6 is 15.9 Å². The van der Waals surface area contributed by atoms with E-state index in [1.165, 1.54) is 19.3 Å². The van der Waals surface area contributed by atoms with Crippen LogP contribution in [0.25, 0.3) is 0 Å². The summed E-state index contributed by atoms with van der Waals surface area (Å²) in [7, 11) is 0. The summed E-state index contributed by atoms with van der Waals surface area (Å²) in [6.07, 6.45) is 3.71. The summed E-state index contributed by atoms with van der Waals surface area (Å²) in [5.41, 5.74) is 7.15. The summed E-state index contributed by atoms with van der Waals surface area (Å²) in [5.74, 6) is 0.881. The molecule has 0 unspecified atom stereocenters. The summed E-state index contributed by atoms with van der Waals surface area (Å²) >= 11 is 3.46. The fourth-order valence-electron chi connectivity index (χ4n) is 1.84. The number of halogens is 1. The Balaban J connectivity index is 2.24. The second-order valence-corrected chi connectivity index (χ2v) is 4.78. The Hall–Kier alpha value is -0.540. The van der Waals surface area contributed by atoms with Crippen molar-refractivity contribution in [1.82, 2.24) is 0 Å². The minimum atomic E-state index is 0.0604. The number of rotatable bonds is 2. The van der Waals surface area contributed by atoms with Gasteiger partial charge >= 0.3 is 0 Å². The average Bonchev–Trinajstić information content (AvgIpc) is 2.06. The molecule has 0 aromatic heterocycles. The third-order valence-corrected chi connectivity index (χ3v) is 3.72. The number of nitrogens with two attached hydrogens (primary N) is 1. The molecule has 2 nitrogen and oxygen atoms in total. The van der Waals surface area contributed by atoms with Crippen LogP contribution in [0.4, 0.5) is 0 Å². The largest absolute Gasteiger partial charge is 0.508 e. The molecule has 0 radical (unpaired) electrons. The van der Waals surface area contributed by atoms with Gasteiger partial charge in [0, 0.05) is 10.5 Å². The number of hydrogen-bond acceptors (Lipinski definition) is 2. The van der Waals surface area contributed by atoms with Gasteiger partial charge < -0.3 is 10.8 Å². The summed E-state index contributed by atoms with van der Waals surface area (Å²) in [4.78, 5) is 0. The first-order valence-electron chi connectivity index (χ1n) is 4.92. The average molecular weight is 256 g/mol. The molecule has 14 heavy (non-hydrogen) atoms. The highest BCUT2D eigenvalue weighted by Crippen LogP contribution is 2.39. The van der Waals surface area contributed by atoms with E-state index in [-0.39, 0.29) is 11.8 Å². The second-order valence-electron chi connectivity index (χ2n) is 3.92. The first-order chi connectivity index (χ1) is 6.68. The van der Waals surface area contributed by atoms with Crippen LogP contribution in [0.15, 0.2) is 22.7 Å². The lowest BCUT2D eigenvalue weighted by Crippen LogP contribution is -2.27. The Morgan fingerprint density at radius 3 is 2.71 bits per heavy atom. The number of hydrogen-bond donors (Lipinski definition) is 2. The van der Waals surface area contributed by atoms with Crippen molar-refractivity contribution in [1.29, 1.82) is 0 Å². The van der Waals surface area contributed by atoms with Crippen LogP contribution in [0.1, 0.15) is 30.9 Å². The van der Waals surface area contributed by atoms with E-state index in [0.29, 0.717) is 5.92 Å². The maximum Gasteiger partial charge on any atom is 0.115 e. The lowest BCUT2D eigenvalue weighted by molar-refractivity contribution is 0.263. The molecule has 1 aromatic carbocycles. The zero-order chi connectivity index (χ0) is 10.1. The van der Waals surface area contributed by atoms with Crippen molar-refractivity contribution in [3.05, 3.63) is 28.2 Å². The molecule has 2 rings (SSSR count). The van der Waals surface area contributed by atoms with Crippen molar-refractivity contribution in [3.8, 4) is 5.75 Å². The summed E-state index contributed by atoms with van der Waals surface area (Å²) in [6, 6.07) is 5.34. The monoisotopic (exact) mass is 255 g/mol. The Morgan fingerprint density at radius 2 is 2.14 bits per heavy atom. The molecule has 1 fully saturated rings. The van der Waals surface area contributed by atoms with Gasteiger partial charge in [-0.3, -0.25) is 0 Å². The molecule has 3 N–H and O–H groups in total. The van der Waals surface area contributed by atoms with E-state index in [9.17, 15) is 5.11 Å². The van der Waals surface area contributed by atoms with Gasteiger partial charge in [0.05, 0.1) is 0 Å². The van der Waals surface area contributed by atoms with E-state index >= 15 is 0 Å². The highest BCUT2D eigenvalue weighted by atomic mass is 79.9. The third kappa shape index (κ3) is 1.79. The maximum absolute atomic E-state index is 9.38. The Bertz CT molecular complexity index is 336. The first kappa shape index (κ1) is 9.99. The van der Waals surface area contributed by atoms with Gasteiger partial charge in [0.1, 0.15) is 5.75 Å². The van der Waals surface area contributed by atoms with Gasteiger partial charge in [-0.2, -0.15) is 0 Å². The summed E-state index contributed by atoms with van der Waals surface area (Å²) < 4.78 is 0.995. The number of phenols is 1. The molecule has 1 aliphatic rings. The van der Waals surface area contributed by atoms with Crippen LogP contribution in [0.5, 0.6) is 5.75 Å². The molecule has 0 spiro atoms. The van der Waals surface area contributed by atoms with Crippen LogP contribution in [0.2, 0.25) is 0 Å². The molecule has 0 aliphatic heterocycles. The smallest absolute Gasteiger partial charge is 0.115 e. The lowest BCUT2D eigenvalue weighted by atomic mass is 9.77. The van der Waals surface area contributed by atoms with Crippen molar-refractivity contribution in [3.63, 3.8) is 0 Å². The van der Waals surface area contributed by atoms with Crippen LogP contribution in [0.3, 0.4) is 0 Å². The standard InChI is InChI=1S/C11H14BrNO/c12-10-5-4-8(14)6-9(10)11(13)7-2-1-3-7/h4-7,11,14H,1-3,13H2/t11-/m1/s1. The van der Waals surface area contributed by atoms with Gasteiger partial charge in [-0.15, -0.1) is 0 Å². The van der Waals surface area contributed by atoms with Crippen molar-refractivity contribution >= 4 is 15.9 Å². The molecule has 3 heteroatoms. The molecule has 76 valence electrons. The minimum absolute atomic E-state index is 0.0604. The Labute approximate surface area is 92.3 Å². The molecule has 0 bridgehead atoms. The SMILES string of the molecule is N[C@@H](c1cc(O)ccc1Br)C1CCC1. The molecule has 0 heterocycles. The lowest BCUT2D eigenvalue weighted by Gasteiger charge is -2.32. The normalized spacial score (nSPS) is 19.0. The quantitative estimate of drug-likeness (QED) is 0.854. The zero-order valence-corrected chi connectivity index (χ0v) is 9.50. The molecule has 1 aromatic rings. The maximum atomic E-state index is 9.38. The fourth-order valence-corrected chi connectivity index (χ4v) is 2.35. The van der Waals surface area contributed by atoms with Crippen LogP contribution in [-0.2, 0) is 0 Å². The number of benzene rings is 1. The van der Waals surface area contributed by atoms with Gasteiger partial charge in [-0.25, -0.2) is 0 Å². The van der Waals surface area contributed by atoms with E-state index in [1.54, 1.807) is 12.1 Å². The van der Waals surface area contributed by atoms with Crippen molar-refractivity contribution in [2.24, 2.45) is 11.7 Å². The highest BCUT2D eigenvalue weighted by Gasteiger charge is 2.26. The van der Waals surface area contributed by atoms with E-state index in [0.717, 1.165) is 10.0 Å². The van der Waals surface area contributed by atoms with Gasteiger partial charge in [0.25, 0.3) is 0 Å². The molecule has 1 atom stereocenters. The van der Waals surface area contributed by atoms with Crippen LogP contribution < -0.4 is 5.73 Å². The topological polar surface area (TPSA) is 46.2 Å². The molecule has 0 saturated heterocycles. The molecule has 1 aliphatic carbocycles. The van der Waals surface area contributed by atoms with Gasteiger partial charge in [0.15, 0.2) is 0 Å². The van der Waals surface area contributed by atoms with E-state index in [1.807, 2.05) is 6.07 Å². The van der Waals surface area contributed by atoms with Crippen LogP contribution in [-0.4, -0.2) is 5.11 Å². The van der Waals surface area contributed by atoms with Gasteiger partial charge in [-0.1, -0.05) is 22.4 Å². The molecular formula is C11H14BrNO. The van der Waals surface area contributed by atoms with E-state index in [4.69, 9.17) is 5.73 Å². The molecule has 0 amide bonds. The minimum Gasteiger partial charge on any atom is -0.508 e. The second kappa shape index (κ2) is 3.91. The van der Waals surface area contributed by atoms with Crippen LogP contribution in [0, 0.1) is 5.92 Å². The molecule has 1 saturated carbocycles. The molecular weight excluding hydrogens is 242 g/mol. The Kier molecular flexibility index (Phi) is 2.79. The summed E-state index contributed by atoms with van der Waals surface area (Å²) in [6.45, 7) is 0. The highest BCUT2D eigenvalue weighted by molar-refractivity contribution is 9.10. The fraction of sp³-hybridized carbons (Fsp3) is 0.455. The van der Waals surface area contributed by atoms with Gasteiger partial charge in [-0.05, 0) is 42.5 Å². The predicted molar refractivity (Wildman–Crippen MR) is 60.1 cm³/mol. The Morgan fingerprint density at radius 1 is 1.43 bits per heavy atom. The zero-order valence-electron chi connectivity index (χ0n) is 7.91.